The van der Waals surface area contributed by atoms with Crippen LogP contribution in [0.15, 0.2) is 24.3 Å². The van der Waals surface area contributed by atoms with Gasteiger partial charge in [-0.25, -0.2) is 0 Å². The molecule has 0 aromatic heterocycles. The van der Waals surface area contributed by atoms with Crippen LogP contribution < -0.4 is 15.4 Å². The molecule has 4 nitrogen and oxygen atoms in total. The van der Waals surface area contributed by atoms with E-state index >= 15 is 0 Å². The second-order valence-corrected chi connectivity index (χ2v) is 5.98. The van der Waals surface area contributed by atoms with Crippen molar-refractivity contribution in [3.63, 3.8) is 0 Å². The first-order chi connectivity index (χ1) is 10.0. The van der Waals surface area contributed by atoms with E-state index in [9.17, 15) is 4.79 Å². The van der Waals surface area contributed by atoms with Gasteiger partial charge in [-0.15, -0.1) is 0 Å². The number of anilines is 1. The Bertz CT molecular complexity index is 539. The molecule has 0 saturated heterocycles. The number of amides is 1. The Morgan fingerprint density at radius 2 is 1.90 bits per heavy atom. The highest BCUT2D eigenvalue weighted by Gasteiger charge is 2.44. The third-order valence-electron chi connectivity index (χ3n) is 4.34. The normalized spacial score (nSPS) is 17.0. The largest absolute Gasteiger partial charge is 0.495 e. The Balaban J connectivity index is 2.34. The molecule has 0 spiro atoms. The van der Waals surface area contributed by atoms with Crippen molar-refractivity contribution in [2.24, 2.45) is 11.1 Å². The first-order valence-electron chi connectivity index (χ1n) is 7.24. The number of ether oxygens (including phenoxy) is 1. The predicted molar refractivity (Wildman–Crippen MR) is 88.7 cm³/mol. The number of methoxy groups -OCH3 is 1. The molecule has 114 valence electrons. The first-order valence-corrected chi connectivity index (χ1v) is 7.65. The van der Waals surface area contributed by atoms with Gasteiger partial charge in [-0.2, -0.15) is 0 Å². The molecule has 1 aliphatic rings. The lowest BCUT2D eigenvalue weighted by molar-refractivity contribution is -0.125. The van der Waals surface area contributed by atoms with Gasteiger partial charge in [0.15, 0.2) is 0 Å². The van der Waals surface area contributed by atoms with E-state index in [0.717, 1.165) is 37.8 Å². The first kappa shape index (κ1) is 15.8. The molecule has 5 heteroatoms. The van der Waals surface area contributed by atoms with E-state index in [1.165, 1.54) is 0 Å². The average molecular weight is 306 g/mol. The molecule has 0 bridgehead atoms. The van der Waals surface area contributed by atoms with Crippen LogP contribution in [-0.2, 0) is 4.79 Å². The van der Waals surface area contributed by atoms with Crippen LogP contribution in [0.25, 0.3) is 0 Å². The summed E-state index contributed by atoms with van der Waals surface area (Å²) < 4.78 is 5.34. The lowest BCUT2D eigenvalue weighted by Crippen LogP contribution is -2.50. The fourth-order valence-corrected chi connectivity index (χ4v) is 3.35. The van der Waals surface area contributed by atoms with Crippen LogP contribution in [-0.4, -0.2) is 25.1 Å². The number of carbonyl (C=O) groups excluding carboxylic acids is 1. The van der Waals surface area contributed by atoms with Gasteiger partial charge < -0.3 is 15.4 Å². The molecule has 21 heavy (non-hydrogen) atoms. The van der Waals surface area contributed by atoms with Gasteiger partial charge in [0, 0.05) is 7.05 Å². The standard InChI is InChI=1S/C16H22N2O2S/c1-18(12-8-4-5-9-13(12)20-2)15(19)16(14(17)21)10-6-3-7-11-16/h4-5,8-9H,3,6-7,10-11H2,1-2H3,(H2,17,21). The molecule has 1 aromatic rings. The Hall–Kier alpha value is -1.62. The van der Waals surface area contributed by atoms with E-state index in [4.69, 9.17) is 22.7 Å². The van der Waals surface area contributed by atoms with Gasteiger partial charge in [-0.3, -0.25) is 4.79 Å². The minimum absolute atomic E-state index is 0.0285. The SMILES string of the molecule is COc1ccccc1N(C)C(=O)C1(C(N)=S)CCCCC1. The average Bonchev–Trinajstić information content (AvgIpc) is 2.53. The van der Waals surface area contributed by atoms with Gasteiger partial charge in [0.25, 0.3) is 0 Å². The number of rotatable bonds is 4. The third-order valence-corrected chi connectivity index (χ3v) is 4.73. The van der Waals surface area contributed by atoms with Crippen LogP contribution in [0.2, 0.25) is 0 Å². The molecule has 1 saturated carbocycles. The van der Waals surface area contributed by atoms with Crippen LogP contribution in [0.5, 0.6) is 5.75 Å². The molecule has 0 atom stereocenters. The van der Waals surface area contributed by atoms with Crippen molar-refractivity contribution in [3.8, 4) is 5.75 Å². The van der Waals surface area contributed by atoms with Gasteiger partial charge in [0.1, 0.15) is 5.75 Å². The molecule has 0 heterocycles. The van der Waals surface area contributed by atoms with Gasteiger partial charge in [-0.1, -0.05) is 43.6 Å². The summed E-state index contributed by atoms with van der Waals surface area (Å²) in [6, 6.07) is 7.47. The molecule has 0 unspecified atom stereocenters. The molecule has 0 radical (unpaired) electrons. The number of thiocarbonyl (C=S) groups is 1. The summed E-state index contributed by atoms with van der Waals surface area (Å²) in [5, 5.41) is 0. The van der Waals surface area contributed by atoms with Crippen molar-refractivity contribution in [1.82, 2.24) is 0 Å². The number of hydrogen-bond acceptors (Lipinski definition) is 3. The highest BCUT2D eigenvalue weighted by Crippen LogP contribution is 2.40. The molecule has 1 aliphatic carbocycles. The summed E-state index contributed by atoms with van der Waals surface area (Å²) >= 11 is 5.23. The zero-order chi connectivity index (χ0) is 15.5. The van der Waals surface area contributed by atoms with Crippen molar-refractivity contribution >= 4 is 28.8 Å². The molecular weight excluding hydrogens is 284 g/mol. The van der Waals surface area contributed by atoms with Crippen LogP contribution >= 0.6 is 12.2 Å². The van der Waals surface area contributed by atoms with E-state index < -0.39 is 5.41 Å². The van der Waals surface area contributed by atoms with E-state index in [0.29, 0.717) is 10.7 Å². The number of para-hydroxylation sites is 2. The summed E-state index contributed by atoms with van der Waals surface area (Å²) in [5.74, 6) is 0.640. The maximum Gasteiger partial charge on any atom is 0.239 e. The van der Waals surface area contributed by atoms with Crippen molar-refractivity contribution in [2.75, 3.05) is 19.1 Å². The third kappa shape index (κ3) is 2.88. The van der Waals surface area contributed by atoms with Gasteiger partial charge in [0.2, 0.25) is 5.91 Å². The molecule has 2 N–H and O–H groups in total. The maximum atomic E-state index is 13.0. The van der Waals surface area contributed by atoms with Gasteiger partial charge in [-0.05, 0) is 25.0 Å². The fourth-order valence-electron chi connectivity index (χ4n) is 3.06. The monoisotopic (exact) mass is 306 g/mol. The lowest BCUT2D eigenvalue weighted by Gasteiger charge is -2.38. The summed E-state index contributed by atoms with van der Waals surface area (Å²) in [6.07, 6.45) is 4.59. The number of benzene rings is 1. The number of nitrogens with zero attached hydrogens (tertiary/aromatic N) is 1. The molecule has 1 fully saturated rings. The molecular formula is C16H22N2O2S. The van der Waals surface area contributed by atoms with Crippen molar-refractivity contribution < 1.29 is 9.53 Å². The Morgan fingerprint density at radius 1 is 1.29 bits per heavy atom. The zero-order valence-corrected chi connectivity index (χ0v) is 13.4. The number of hydrogen-bond donors (Lipinski definition) is 1. The molecule has 0 aliphatic heterocycles. The fraction of sp³-hybridized carbons (Fsp3) is 0.500. The predicted octanol–water partition coefficient (Wildman–Crippen LogP) is 2.89. The summed E-state index contributed by atoms with van der Waals surface area (Å²) in [5.41, 5.74) is 5.98. The Labute approximate surface area is 131 Å². The van der Waals surface area contributed by atoms with Crippen LogP contribution in [0.4, 0.5) is 5.69 Å². The number of nitrogens with two attached hydrogens (primary N) is 1. The summed E-state index contributed by atoms with van der Waals surface area (Å²) in [7, 11) is 3.36. The van der Waals surface area contributed by atoms with Crippen LogP contribution in [0.3, 0.4) is 0 Å². The minimum atomic E-state index is -0.705. The Morgan fingerprint density at radius 3 is 2.48 bits per heavy atom. The Kier molecular flexibility index (Phi) is 4.83. The highest BCUT2D eigenvalue weighted by molar-refractivity contribution is 7.80. The lowest BCUT2D eigenvalue weighted by atomic mass is 9.73. The van der Waals surface area contributed by atoms with Crippen LogP contribution in [0, 0.1) is 5.41 Å². The quantitative estimate of drug-likeness (QED) is 0.869. The second-order valence-electron chi connectivity index (χ2n) is 5.54. The summed E-state index contributed by atoms with van der Waals surface area (Å²) in [4.78, 5) is 15.0. The summed E-state index contributed by atoms with van der Waals surface area (Å²) in [6.45, 7) is 0. The zero-order valence-electron chi connectivity index (χ0n) is 12.6. The van der Waals surface area contributed by atoms with Gasteiger partial charge >= 0.3 is 0 Å². The van der Waals surface area contributed by atoms with Crippen molar-refractivity contribution in [3.05, 3.63) is 24.3 Å². The topological polar surface area (TPSA) is 55.6 Å². The van der Waals surface area contributed by atoms with E-state index in [1.807, 2.05) is 24.3 Å². The smallest absolute Gasteiger partial charge is 0.239 e. The van der Waals surface area contributed by atoms with Crippen LogP contribution in [0.1, 0.15) is 32.1 Å². The number of carbonyl (C=O) groups is 1. The molecule has 1 aromatic carbocycles. The highest BCUT2D eigenvalue weighted by atomic mass is 32.1. The van der Waals surface area contributed by atoms with E-state index in [1.54, 1.807) is 19.1 Å². The van der Waals surface area contributed by atoms with Crippen molar-refractivity contribution in [2.45, 2.75) is 32.1 Å². The van der Waals surface area contributed by atoms with Crippen molar-refractivity contribution in [1.29, 1.82) is 0 Å². The minimum Gasteiger partial charge on any atom is -0.495 e. The van der Waals surface area contributed by atoms with E-state index in [2.05, 4.69) is 0 Å². The van der Waals surface area contributed by atoms with E-state index in [-0.39, 0.29) is 5.91 Å². The molecule has 2 rings (SSSR count). The second kappa shape index (κ2) is 6.43. The van der Waals surface area contributed by atoms with Gasteiger partial charge in [0.05, 0.1) is 23.2 Å². The maximum absolute atomic E-state index is 13.0. The molecule has 1 amide bonds.